The van der Waals surface area contributed by atoms with Crippen molar-refractivity contribution in [2.45, 2.75) is 13.8 Å². The second-order valence-corrected chi connectivity index (χ2v) is 5.13. The van der Waals surface area contributed by atoms with E-state index in [2.05, 4.69) is 25.7 Å². The van der Waals surface area contributed by atoms with Gasteiger partial charge in [-0.15, -0.1) is 0 Å². The van der Waals surface area contributed by atoms with Gasteiger partial charge in [-0.3, -0.25) is 4.57 Å². The van der Waals surface area contributed by atoms with Gasteiger partial charge in [0, 0.05) is 0 Å². The molecular weight excluding hydrogens is 329 g/mol. The van der Waals surface area contributed by atoms with Gasteiger partial charge in [0.1, 0.15) is 17.5 Å². The predicted octanol–water partition coefficient (Wildman–Crippen LogP) is 2.76. The molecule has 0 unspecified atom stereocenters. The maximum absolute atomic E-state index is 13.7. The molecule has 0 fully saturated rings. The van der Waals surface area contributed by atoms with E-state index in [0.717, 1.165) is 5.56 Å². The summed E-state index contributed by atoms with van der Waals surface area (Å²) in [5, 5.41) is 0. The number of hydrogen-bond donors (Lipinski definition) is 1. The van der Waals surface area contributed by atoms with Crippen LogP contribution in [0.2, 0.25) is 0 Å². The Balaban J connectivity index is 2.68. The third kappa shape index (κ3) is 2.29. The van der Waals surface area contributed by atoms with E-state index >= 15 is 0 Å². The highest BCUT2D eigenvalue weighted by molar-refractivity contribution is 9.10. The minimum Gasteiger partial charge on any atom is -0.464 e. The SMILES string of the molecule is COC(=O)c1nc(C)n(-c2cc(F)c(Br)cc2C)c1N. The van der Waals surface area contributed by atoms with Gasteiger partial charge in [0.25, 0.3) is 0 Å². The first-order chi connectivity index (χ1) is 9.36. The number of carbonyl (C=O) groups is 1. The van der Waals surface area contributed by atoms with Crippen molar-refractivity contribution in [3.8, 4) is 5.69 Å². The molecule has 0 spiro atoms. The molecular formula is C13H13BrFN3O2. The van der Waals surface area contributed by atoms with Crippen LogP contribution in [0, 0.1) is 19.7 Å². The number of nitrogen functional groups attached to an aromatic ring is 1. The summed E-state index contributed by atoms with van der Waals surface area (Å²) >= 11 is 3.12. The number of methoxy groups -OCH3 is 1. The van der Waals surface area contributed by atoms with Crippen molar-refractivity contribution in [3.63, 3.8) is 0 Å². The number of esters is 1. The van der Waals surface area contributed by atoms with Gasteiger partial charge in [0.2, 0.25) is 0 Å². The molecule has 0 saturated heterocycles. The Morgan fingerprint density at radius 2 is 2.10 bits per heavy atom. The van der Waals surface area contributed by atoms with Crippen LogP contribution in [-0.2, 0) is 4.74 Å². The molecule has 0 aliphatic carbocycles. The summed E-state index contributed by atoms with van der Waals surface area (Å²) in [6.07, 6.45) is 0. The number of carbonyl (C=O) groups excluding carboxylic acids is 1. The van der Waals surface area contributed by atoms with Crippen LogP contribution < -0.4 is 5.73 Å². The van der Waals surface area contributed by atoms with Crippen LogP contribution in [-0.4, -0.2) is 22.6 Å². The fraction of sp³-hybridized carbons (Fsp3) is 0.231. The van der Waals surface area contributed by atoms with Crippen LogP contribution in [0.4, 0.5) is 10.2 Å². The van der Waals surface area contributed by atoms with Gasteiger partial charge in [-0.25, -0.2) is 14.2 Å². The molecule has 1 aromatic heterocycles. The van der Waals surface area contributed by atoms with E-state index in [1.807, 2.05) is 6.92 Å². The normalized spacial score (nSPS) is 10.7. The Morgan fingerprint density at radius 1 is 1.45 bits per heavy atom. The molecule has 1 aromatic carbocycles. The van der Waals surface area contributed by atoms with Crippen molar-refractivity contribution >= 4 is 27.7 Å². The van der Waals surface area contributed by atoms with Crippen LogP contribution in [0.15, 0.2) is 16.6 Å². The van der Waals surface area contributed by atoms with Gasteiger partial charge in [-0.05, 0) is 47.5 Å². The molecule has 5 nitrogen and oxygen atoms in total. The highest BCUT2D eigenvalue weighted by atomic mass is 79.9. The Labute approximate surface area is 123 Å². The van der Waals surface area contributed by atoms with Gasteiger partial charge >= 0.3 is 5.97 Å². The lowest BCUT2D eigenvalue weighted by Gasteiger charge is -2.12. The van der Waals surface area contributed by atoms with Gasteiger partial charge in [-0.2, -0.15) is 0 Å². The Kier molecular flexibility index (Phi) is 3.80. The average molecular weight is 342 g/mol. The van der Waals surface area contributed by atoms with Gasteiger partial charge in [0.05, 0.1) is 17.3 Å². The molecule has 20 heavy (non-hydrogen) atoms. The van der Waals surface area contributed by atoms with E-state index in [0.29, 0.717) is 16.0 Å². The number of ether oxygens (including phenoxy) is 1. The number of hydrogen-bond acceptors (Lipinski definition) is 4. The van der Waals surface area contributed by atoms with Crippen LogP contribution >= 0.6 is 15.9 Å². The van der Waals surface area contributed by atoms with E-state index < -0.39 is 11.8 Å². The van der Waals surface area contributed by atoms with E-state index in [1.165, 1.54) is 17.7 Å². The zero-order valence-corrected chi connectivity index (χ0v) is 12.8. The number of aromatic nitrogens is 2. The van der Waals surface area contributed by atoms with Crippen LogP contribution in [0.3, 0.4) is 0 Å². The molecule has 0 saturated carbocycles. The molecule has 2 N–H and O–H groups in total. The minimum absolute atomic E-state index is 0.0210. The van der Waals surface area contributed by atoms with Gasteiger partial charge < -0.3 is 10.5 Å². The van der Waals surface area contributed by atoms with E-state index in [-0.39, 0.29) is 11.5 Å². The van der Waals surface area contributed by atoms with Gasteiger partial charge in [0.15, 0.2) is 5.69 Å². The van der Waals surface area contributed by atoms with Crippen LogP contribution in [0.25, 0.3) is 5.69 Å². The summed E-state index contributed by atoms with van der Waals surface area (Å²) < 4.78 is 20.2. The molecule has 0 bridgehead atoms. The molecule has 0 aliphatic rings. The highest BCUT2D eigenvalue weighted by Gasteiger charge is 2.21. The predicted molar refractivity (Wildman–Crippen MR) is 76.4 cm³/mol. The summed E-state index contributed by atoms with van der Waals surface area (Å²) in [6.45, 7) is 3.50. The van der Waals surface area contributed by atoms with Crippen LogP contribution in [0.5, 0.6) is 0 Å². The number of nitrogens with zero attached hydrogens (tertiary/aromatic N) is 2. The van der Waals surface area contributed by atoms with E-state index in [1.54, 1.807) is 13.0 Å². The molecule has 7 heteroatoms. The summed E-state index contributed by atoms with van der Waals surface area (Å²) in [6, 6.07) is 2.98. The monoisotopic (exact) mass is 341 g/mol. The molecule has 0 radical (unpaired) electrons. The van der Waals surface area contributed by atoms with E-state index in [4.69, 9.17) is 5.73 Å². The molecule has 0 amide bonds. The summed E-state index contributed by atoms with van der Waals surface area (Å²) in [4.78, 5) is 15.7. The zero-order valence-electron chi connectivity index (χ0n) is 11.2. The van der Waals surface area contributed by atoms with Gasteiger partial charge in [-0.1, -0.05) is 0 Å². The average Bonchev–Trinajstić information content (AvgIpc) is 2.69. The second kappa shape index (κ2) is 5.24. The highest BCUT2D eigenvalue weighted by Crippen LogP contribution is 2.27. The third-order valence-corrected chi connectivity index (χ3v) is 3.55. The molecule has 2 aromatic rings. The standard InChI is InChI=1S/C13H13BrFN3O2/c1-6-4-8(14)9(15)5-10(6)18-7(2)17-11(12(18)16)13(19)20-3/h4-5H,16H2,1-3H3. The van der Waals surface area contributed by atoms with Crippen LogP contribution in [0.1, 0.15) is 21.9 Å². The Hall–Kier alpha value is -1.89. The van der Waals surface area contributed by atoms with Crippen molar-refractivity contribution in [1.82, 2.24) is 9.55 Å². The quantitative estimate of drug-likeness (QED) is 0.852. The summed E-state index contributed by atoms with van der Waals surface area (Å²) in [5.41, 5.74) is 7.28. The molecule has 1 heterocycles. The largest absolute Gasteiger partial charge is 0.464 e. The number of anilines is 1. The van der Waals surface area contributed by atoms with Crippen molar-refractivity contribution in [1.29, 1.82) is 0 Å². The fourth-order valence-electron chi connectivity index (χ4n) is 1.98. The first-order valence-electron chi connectivity index (χ1n) is 5.76. The maximum Gasteiger partial charge on any atom is 0.360 e. The lowest BCUT2D eigenvalue weighted by molar-refractivity contribution is 0.0596. The maximum atomic E-state index is 13.7. The van der Waals surface area contributed by atoms with Crippen molar-refractivity contribution in [3.05, 3.63) is 39.5 Å². The van der Waals surface area contributed by atoms with Crippen molar-refractivity contribution in [2.75, 3.05) is 12.8 Å². The van der Waals surface area contributed by atoms with E-state index in [9.17, 15) is 9.18 Å². The minimum atomic E-state index is -0.625. The molecule has 0 aliphatic heterocycles. The Bertz CT molecular complexity index is 697. The number of nitrogens with two attached hydrogens (primary N) is 1. The smallest absolute Gasteiger partial charge is 0.360 e. The van der Waals surface area contributed by atoms with Crippen molar-refractivity contribution in [2.24, 2.45) is 0 Å². The lowest BCUT2D eigenvalue weighted by atomic mass is 10.2. The summed E-state index contributed by atoms with van der Waals surface area (Å²) in [5.74, 6) is -0.441. The lowest BCUT2D eigenvalue weighted by Crippen LogP contribution is -2.08. The number of benzene rings is 1. The topological polar surface area (TPSA) is 70.1 Å². The third-order valence-electron chi connectivity index (χ3n) is 2.94. The summed E-state index contributed by atoms with van der Waals surface area (Å²) in [7, 11) is 1.25. The molecule has 106 valence electrons. The molecule has 0 atom stereocenters. The first-order valence-corrected chi connectivity index (χ1v) is 6.55. The number of aryl methyl sites for hydroxylation is 2. The fourth-order valence-corrected chi connectivity index (χ4v) is 2.43. The second-order valence-electron chi connectivity index (χ2n) is 4.27. The number of halogens is 2. The number of imidazole rings is 1. The first kappa shape index (κ1) is 14.5. The van der Waals surface area contributed by atoms with Crippen molar-refractivity contribution < 1.29 is 13.9 Å². The molecule has 2 rings (SSSR count). The number of rotatable bonds is 2. The Morgan fingerprint density at radius 3 is 2.70 bits per heavy atom. The zero-order chi connectivity index (χ0) is 15.0.